The topological polar surface area (TPSA) is 30.9 Å². The molecule has 0 spiro atoms. The summed E-state index contributed by atoms with van der Waals surface area (Å²) in [5.74, 6) is 0. The Morgan fingerprint density at radius 1 is 1.17 bits per heavy atom. The van der Waals surface area contributed by atoms with E-state index in [2.05, 4.69) is 42.9 Å². The van der Waals surface area contributed by atoms with Gasteiger partial charge in [-0.1, -0.05) is 37.5 Å². The molecule has 0 unspecified atom stereocenters. The van der Waals surface area contributed by atoms with Crippen LogP contribution in [0, 0.1) is 6.92 Å². The molecule has 1 fully saturated rings. The molecule has 1 heterocycles. The number of para-hydroxylation sites is 1. The number of aromatic nitrogens is 1. The van der Waals surface area contributed by atoms with Crippen molar-refractivity contribution in [2.45, 2.75) is 44.6 Å². The van der Waals surface area contributed by atoms with Gasteiger partial charge in [-0.05, 0) is 30.9 Å². The molecule has 0 amide bonds. The molecule has 2 N–H and O–H groups in total. The van der Waals surface area contributed by atoms with Crippen molar-refractivity contribution >= 4 is 10.9 Å². The number of rotatable bonds is 1. The summed E-state index contributed by atoms with van der Waals surface area (Å²) in [7, 11) is 2.13. The first-order valence-electron chi connectivity index (χ1n) is 6.96. The number of benzene rings is 1. The second kappa shape index (κ2) is 4.13. The molecule has 0 aliphatic heterocycles. The van der Waals surface area contributed by atoms with Crippen molar-refractivity contribution in [3.8, 4) is 0 Å². The van der Waals surface area contributed by atoms with Crippen molar-refractivity contribution in [1.82, 2.24) is 4.57 Å². The maximum Gasteiger partial charge on any atom is 0.0510 e. The summed E-state index contributed by atoms with van der Waals surface area (Å²) in [6.07, 6.45) is 8.36. The van der Waals surface area contributed by atoms with Crippen LogP contribution in [-0.4, -0.2) is 4.57 Å². The smallest absolute Gasteiger partial charge is 0.0510 e. The zero-order valence-corrected chi connectivity index (χ0v) is 11.4. The minimum Gasteiger partial charge on any atom is -0.350 e. The first-order valence-corrected chi connectivity index (χ1v) is 6.96. The van der Waals surface area contributed by atoms with Gasteiger partial charge in [-0.3, -0.25) is 0 Å². The molecular weight excluding hydrogens is 220 g/mol. The van der Waals surface area contributed by atoms with Gasteiger partial charge in [-0.25, -0.2) is 0 Å². The average Bonchev–Trinajstić information content (AvgIpc) is 2.70. The van der Waals surface area contributed by atoms with Gasteiger partial charge in [0.2, 0.25) is 0 Å². The molecular formula is C16H22N2. The lowest BCUT2D eigenvalue weighted by Gasteiger charge is -2.33. The van der Waals surface area contributed by atoms with Crippen LogP contribution >= 0.6 is 0 Å². The Hall–Kier alpha value is -1.28. The summed E-state index contributed by atoms with van der Waals surface area (Å²) in [6, 6.07) is 6.55. The lowest BCUT2D eigenvalue weighted by molar-refractivity contribution is 0.304. The fourth-order valence-electron chi connectivity index (χ4n) is 3.52. The highest BCUT2D eigenvalue weighted by molar-refractivity contribution is 5.87. The van der Waals surface area contributed by atoms with E-state index < -0.39 is 0 Å². The number of nitrogens with two attached hydrogens (primary N) is 1. The second-order valence-electron chi connectivity index (χ2n) is 5.84. The summed E-state index contributed by atoms with van der Waals surface area (Å²) in [6.45, 7) is 2.18. The van der Waals surface area contributed by atoms with Gasteiger partial charge in [0, 0.05) is 24.2 Å². The Morgan fingerprint density at radius 3 is 2.61 bits per heavy atom. The Bertz CT molecular complexity index is 574. The zero-order valence-electron chi connectivity index (χ0n) is 11.4. The molecule has 96 valence electrons. The third kappa shape index (κ3) is 1.67. The van der Waals surface area contributed by atoms with Crippen LogP contribution in [-0.2, 0) is 12.6 Å². The van der Waals surface area contributed by atoms with Gasteiger partial charge in [0.1, 0.15) is 0 Å². The van der Waals surface area contributed by atoms with Gasteiger partial charge in [-0.2, -0.15) is 0 Å². The van der Waals surface area contributed by atoms with Gasteiger partial charge in [-0.15, -0.1) is 0 Å². The van der Waals surface area contributed by atoms with Crippen LogP contribution in [0.3, 0.4) is 0 Å². The number of aryl methyl sites for hydroxylation is 2. The predicted molar refractivity (Wildman–Crippen MR) is 76.6 cm³/mol. The van der Waals surface area contributed by atoms with Crippen LogP contribution in [0.2, 0.25) is 0 Å². The van der Waals surface area contributed by atoms with Crippen molar-refractivity contribution in [3.05, 3.63) is 35.5 Å². The molecule has 0 bridgehead atoms. The van der Waals surface area contributed by atoms with Crippen molar-refractivity contribution in [2.75, 3.05) is 0 Å². The van der Waals surface area contributed by atoms with Gasteiger partial charge in [0.15, 0.2) is 0 Å². The molecule has 0 atom stereocenters. The molecule has 1 aromatic heterocycles. The number of fused-ring (bicyclic) bond motifs is 1. The Labute approximate surface area is 109 Å². The molecule has 1 aromatic carbocycles. The highest BCUT2D eigenvalue weighted by Crippen LogP contribution is 2.39. The highest BCUT2D eigenvalue weighted by atomic mass is 14.9. The molecule has 2 nitrogen and oxygen atoms in total. The van der Waals surface area contributed by atoms with Gasteiger partial charge < -0.3 is 10.3 Å². The minimum atomic E-state index is -0.106. The molecule has 18 heavy (non-hydrogen) atoms. The van der Waals surface area contributed by atoms with Crippen LogP contribution in [0.25, 0.3) is 10.9 Å². The van der Waals surface area contributed by atoms with Crippen molar-refractivity contribution in [2.24, 2.45) is 12.8 Å². The predicted octanol–water partition coefficient (Wildman–Crippen LogP) is 3.60. The van der Waals surface area contributed by atoms with E-state index in [1.807, 2.05) is 0 Å². The molecule has 1 aliphatic rings. The number of hydrogen-bond acceptors (Lipinski definition) is 1. The van der Waals surface area contributed by atoms with E-state index in [-0.39, 0.29) is 5.54 Å². The molecule has 2 aromatic rings. The summed E-state index contributed by atoms with van der Waals surface area (Å²) < 4.78 is 2.24. The Kier molecular flexibility index (Phi) is 2.70. The lowest BCUT2D eigenvalue weighted by Crippen LogP contribution is -2.38. The first-order chi connectivity index (χ1) is 8.62. The molecule has 0 saturated heterocycles. The second-order valence-corrected chi connectivity index (χ2v) is 5.84. The van der Waals surface area contributed by atoms with Crippen LogP contribution in [0.4, 0.5) is 0 Å². The lowest BCUT2D eigenvalue weighted by atomic mass is 9.77. The zero-order chi connectivity index (χ0) is 12.8. The van der Waals surface area contributed by atoms with E-state index in [1.165, 1.54) is 41.3 Å². The van der Waals surface area contributed by atoms with E-state index in [0.717, 1.165) is 12.8 Å². The molecule has 2 heteroatoms. The number of hydrogen-bond donors (Lipinski definition) is 1. The van der Waals surface area contributed by atoms with Gasteiger partial charge in [0.05, 0.1) is 5.52 Å². The van der Waals surface area contributed by atoms with Gasteiger partial charge in [0.25, 0.3) is 0 Å². The molecule has 0 radical (unpaired) electrons. The maximum absolute atomic E-state index is 6.70. The maximum atomic E-state index is 6.70. The van der Waals surface area contributed by atoms with Crippen LogP contribution < -0.4 is 5.73 Å². The van der Waals surface area contributed by atoms with E-state index in [4.69, 9.17) is 5.73 Å². The van der Waals surface area contributed by atoms with E-state index in [0.29, 0.717) is 0 Å². The normalized spacial score (nSPS) is 19.3. The number of nitrogens with zero attached hydrogens (tertiary/aromatic N) is 1. The summed E-state index contributed by atoms with van der Waals surface area (Å²) in [5, 5.41) is 1.35. The summed E-state index contributed by atoms with van der Waals surface area (Å²) >= 11 is 0. The van der Waals surface area contributed by atoms with E-state index in [9.17, 15) is 0 Å². The third-order valence-corrected chi connectivity index (χ3v) is 4.49. The molecule has 3 rings (SSSR count). The van der Waals surface area contributed by atoms with Crippen molar-refractivity contribution < 1.29 is 0 Å². The van der Waals surface area contributed by atoms with E-state index in [1.54, 1.807) is 0 Å². The monoisotopic (exact) mass is 242 g/mol. The largest absolute Gasteiger partial charge is 0.350 e. The minimum absolute atomic E-state index is 0.106. The Balaban J connectivity index is 2.21. The van der Waals surface area contributed by atoms with Crippen molar-refractivity contribution in [3.63, 3.8) is 0 Å². The van der Waals surface area contributed by atoms with Crippen LogP contribution in [0.5, 0.6) is 0 Å². The quantitative estimate of drug-likeness (QED) is 0.813. The summed E-state index contributed by atoms with van der Waals surface area (Å²) in [5.41, 5.74) is 10.6. The Morgan fingerprint density at radius 2 is 1.89 bits per heavy atom. The highest BCUT2D eigenvalue weighted by Gasteiger charge is 2.32. The molecule has 1 aliphatic carbocycles. The van der Waals surface area contributed by atoms with Gasteiger partial charge >= 0.3 is 0 Å². The van der Waals surface area contributed by atoms with E-state index >= 15 is 0 Å². The van der Waals surface area contributed by atoms with Crippen LogP contribution in [0.15, 0.2) is 24.4 Å². The first kappa shape index (κ1) is 11.8. The fourth-order valence-corrected chi connectivity index (χ4v) is 3.52. The molecule has 1 saturated carbocycles. The summed E-state index contributed by atoms with van der Waals surface area (Å²) in [4.78, 5) is 0. The van der Waals surface area contributed by atoms with Crippen LogP contribution in [0.1, 0.15) is 43.2 Å². The standard InChI is InChI=1S/C16H22N2/c1-12-7-6-8-13-14(11-18(2)15(12)13)16(17)9-4-3-5-10-16/h6-8,11H,3-5,9-10,17H2,1-2H3. The average molecular weight is 242 g/mol. The fraction of sp³-hybridized carbons (Fsp3) is 0.500. The third-order valence-electron chi connectivity index (χ3n) is 4.49. The SMILES string of the molecule is Cc1cccc2c(C3(N)CCCCC3)cn(C)c12. The van der Waals surface area contributed by atoms with Crippen molar-refractivity contribution in [1.29, 1.82) is 0 Å².